The smallest absolute Gasteiger partial charge is 0.103 e. The van der Waals surface area contributed by atoms with Crippen LogP contribution in [0, 0.1) is 0 Å². The number of rotatable bonds is 7. The third-order valence-electron chi connectivity index (χ3n) is 3.27. The molecule has 0 aromatic carbocycles. The van der Waals surface area contributed by atoms with Gasteiger partial charge in [-0.1, -0.05) is 13.0 Å². The Morgan fingerprint density at radius 2 is 2.16 bits per heavy atom. The zero-order chi connectivity index (χ0) is 13.5. The van der Waals surface area contributed by atoms with Gasteiger partial charge < -0.3 is 9.32 Å². The average Bonchev–Trinajstić information content (AvgIpc) is 2.93. The first kappa shape index (κ1) is 13.8. The molecule has 2 rings (SSSR count). The second-order valence-electron chi connectivity index (χ2n) is 4.93. The molecule has 0 aliphatic rings. The predicted molar refractivity (Wildman–Crippen MR) is 77.0 cm³/mol. The van der Waals surface area contributed by atoms with Crippen LogP contribution in [0.4, 0.5) is 0 Å². The lowest BCUT2D eigenvalue weighted by Crippen LogP contribution is -2.20. The van der Waals surface area contributed by atoms with E-state index in [2.05, 4.69) is 36.0 Å². The van der Waals surface area contributed by atoms with Crippen LogP contribution in [-0.2, 0) is 19.4 Å². The van der Waals surface area contributed by atoms with Gasteiger partial charge in [-0.15, -0.1) is 0 Å². The average molecular weight is 258 g/mol. The van der Waals surface area contributed by atoms with E-state index >= 15 is 0 Å². The van der Waals surface area contributed by atoms with Crippen molar-refractivity contribution >= 4 is 0 Å². The van der Waals surface area contributed by atoms with E-state index < -0.39 is 0 Å². The van der Waals surface area contributed by atoms with Crippen LogP contribution in [0.1, 0.15) is 30.4 Å². The van der Waals surface area contributed by atoms with Gasteiger partial charge in [-0.2, -0.15) is 0 Å². The fraction of sp³-hybridized carbons (Fsp3) is 0.438. The molecule has 0 bridgehead atoms. The normalized spacial score (nSPS) is 11.1. The molecule has 0 fully saturated rings. The second-order valence-corrected chi connectivity index (χ2v) is 4.93. The summed E-state index contributed by atoms with van der Waals surface area (Å²) in [6.07, 6.45) is 6.87. The van der Waals surface area contributed by atoms with Crippen molar-refractivity contribution in [3.8, 4) is 0 Å². The monoisotopic (exact) mass is 258 g/mol. The molecule has 3 nitrogen and oxygen atoms in total. The third kappa shape index (κ3) is 4.52. The topological polar surface area (TPSA) is 29.3 Å². The summed E-state index contributed by atoms with van der Waals surface area (Å²) in [7, 11) is 2.14. The molecule has 0 atom stereocenters. The van der Waals surface area contributed by atoms with Gasteiger partial charge in [-0.25, -0.2) is 0 Å². The Labute approximate surface area is 115 Å². The fourth-order valence-electron chi connectivity index (χ4n) is 2.09. The van der Waals surface area contributed by atoms with Gasteiger partial charge in [-0.05, 0) is 50.2 Å². The summed E-state index contributed by atoms with van der Waals surface area (Å²) in [5, 5.41) is 0. The van der Waals surface area contributed by atoms with Gasteiger partial charge in [0.1, 0.15) is 5.76 Å². The van der Waals surface area contributed by atoms with E-state index in [1.54, 1.807) is 6.26 Å². The lowest BCUT2D eigenvalue weighted by molar-refractivity contribution is 0.314. The Morgan fingerprint density at radius 3 is 2.79 bits per heavy atom. The Bertz CT molecular complexity index is 462. The largest absolute Gasteiger partial charge is 0.469 e. The molecule has 2 aromatic heterocycles. The molecule has 0 saturated carbocycles. The van der Waals surface area contributed by atoms with Crippen molar-refractivity contribution in [1.29, 1.82) is 0 Å². The van der Waals surface area contributed by atoms with E-state index in [0.29, 0.717) is 0 Å². The van der Waals surface area contributed by atoms with Crippen LogP contribution in [0.15, 0.2) is 41.1 Å². The summed E-state index contributed by atoms with van der Waals surface area (Å²) in [5.41, 5.74) is 2.43. The molecule has 0 aliphatic carbocycles. The number of hydrogen-bond acceptors (Lipinski definition) is 3. The SMILES string of the molecule is CCc1ccc(CN(C)CCCc2ccco2)nc1. The highest BCUT2D eigenvalue weighted by molar-refractivity contribution is 5.13. The summed E-state index contributed by atoms with van der Waals surface area (Å²) < 4.78 is 5.33. The summed E-state index contributed by atoms with van der Waals surface area (Å²) in [6.45, 7) is 4.11. The quantitative estimate of drug-likeness (QED) is 0.763. The van der Waals surface area contributed by atoms with Crippen LogP contribution < -0.4 is 0 Å². The van der Waals surface area contributed by atoms with Gasteiger partial charge in [0, 0.05) is 19.2 Å². The van der Waals surface area contributed by atoms with Gasteiger partial charge >= 0.3 is 0 Å². The van der Waals surface area contributed by atoms with Crippen molar-refractivity contribution in [2.45, 2.75) is 32.7 Å². The molecule has 0 spiro atoms. The lowest BCUT2D eigenvalue weighted by atomic mass is 10.2. The maximum atomic E-state index is 5.33. The summed E-state index contributed by atoms with van der Waals surface area (Å²) in [6, 6.07) is 8.27. The highest BCUT2D eigenvalue weighted by atomic mass is 16.3. The Morgan fingerprint density at radius 1 is 1.26 bits per heavy atom. The van der Waals surface area contributed by atoms with Gasteiger partial charge in [0.25, 0.3) is 0 Å². The third-order valence-corrected chi connectivity index (χ3v) is 3.27. The minimum absolute atomic E-state index is 0.905. The van der Waals surface area contributed by atoms with E-state index in [1.165, 1.54) is 5.56 Å². The van der Waals surface area contributed by atoms with E-state index in [-0.39, 0.29) is 0 Å². The maximum absolute atomic E-state index is 5.33. The fourth-order valence-corrected chi connectivity index (χ4v) is 2.09. The number of hydrogen-bond donors (Lipinski definition) is 0. The standard InChI is InChI=1S/C16H22N2O/c1-3-14-8-9-15(17-12-14)13-18(2)10-4-6-16-7-5-11-19-16/h5,7-9,11-12H,3-4,6,10,13H2,1-2H3. The molecule has 2 aromatic rings. The molecule has 0 saturated heterocycles. The minimum Gasteiger partial charge on any atom is -0.469 e. The number of furan rings is 1. The number of aromatic nitrogens is 1. The van der Waals surface area contributed by atoms with Crippen molar-refractivity contribution in [1.82, 2.24) is 9.88 Å². The maximum Gasteiger partial charge on any atom is 0.103 e. The Kier molecular flexibility index (Phi) is 5.16. The molecule has 2 heterocycles. The highest BCUT2D eigenvalue weighted by Gasteiger charge is 2.03. The summed E-state index contributed by atoms with van der Waals surface area (Å²) >= 11 is 0. The number of pyridine rings is 1. The molecular weight excluding hydrogens is 236 g/mol. The number of nitrogens with zero attached hydrogens (tertiary/aromatic N) is 2. The second kappa shape index (κ2) is 7.10. The summed E-state index contributed by atoms with van der Waals surface area (Å²) in [4.78, 5) is 6.79. The van der Waals surface area contributed by atoms with E-state index in [4.69, 9.17) is 4.42 Å². The van der Waals surface area contributed by atoms with Gasteiger partial charge in [0.2, 0.25) is 0 Å². The zero-order valence-electron chi connectivity index (χ0n) is 11.8. The Balaban J connectivity index is 1.72. The van der Waals surface area contributed by atoms with Crippen LogP contribution in [0.2, 0.25) is 0 Å². The van der Waals surface area contributed by atoms with Crippen LogP contribution in [0.3, 0.4) is 0 Å². The molecule has 0 aliphatic heterocycles. The van der Waals surface area contributed by atoms with Gasteiger partial charge in [0.15, 0.2) is 0 Å². The first-order valence-corrected chi connectivity index (χ1v) is 6.92. The van der Waals surface area contributed by atoms with E-state index in [9.17, 15) is 0 Å². The van der Waals surface area contributed by atoms with Crippen molar-refractivity contribution in [2.24, 2.45) is 0 Å². The van der Waals surface area contributed by atoms with Crippen molar-refractivity contribution in [3.05, 3.63) is 53.7 Å². The lowest BCUT2D eigenvalue weighted by Gasteiger charge is -2.15. The van der Waals surface area contributed by atoms with E-state index in [1.807, 2.05) is 18.3 Å². The molecule has 0 N–H and O–H groups in total. The Hall–Kier alpha value is -1.61. The molecule has 19 heavy (non-hydrogen) atoms. The summed E-state index contributed by atoms with van der Waals surface area (Å²) in [5.74, 6) is 1.07. The number of aryl methyl sites for hydroxylation is 2. The minimum atomic E-state index is 0.905. The predicted octanol–water partition coefficient (Wildman–Crippen LogP) is 3.30. The van der Waals surface area contributed by atoms with Gasteiger partial charge in [-0.3, -0.25) is 4.98 Å². The molecule has 0 unspecified atom stereocenters. The van der Waals surface area contributed by atoms with Crippen molar-refractivity contribution in [3.63, 3.8) is 0 Å². The molecule has 102 valence electrons. The molecule has 0 amide bonds. The van der Waals surface area contributed by atoms with Crippen LogP contribution in [0.25, 0.3) is 0 Å². The molecular formula is C16H22N2O. The first-order chi connectivity index (χ1) is 9.28. The molecule has 3 heteroatoms. The van der Waals surface area contributed by atoms with Crippen molar-refractivity contribution < 1.29 is 4.42 Å². The van der Waals surface area contributed by atoms with Crippen LogP contribution in [-0.4, -0.2) is 23.5 Å². The highest BCUT2D eigenvalue weighted by Crippen LogP contribution is 2.06. The molecule has 0 radical (unpaired) electrons. The van der Waals surface area contributed by atoms with Crippen LogP contribution in [0.5, 0.6) is 0 Å². The van der Waals surface area contributed by atoms with Gasteiger partial charge in [0.05, 0.1) is 12.0 Å². The first-order valence-electron chi connectivity index (χ1n) is 6.92. The zero-order valence-corrected chi connectivity index (χ0v) is 11.8. The van der Waals surface area contributed by atoms with Crippen molar-refractivity contribution in [2.75, 3.05) is 13.6 Å². The van der Waals surface area contributed by atoms with E-state index in [0.717, 1.165) is 43.8 Å². The van der Waals surface area contributed by atoms with Crippen LogP contribution >= 0.6 is 0 Å².